The van der Waals surface area contributed by atoms with Crippen LogP contribution in [0.3, 0.4) is 0 Å². The number of aliphatic imine (C=N–C) groups is 1. The fraction of sp³-hybridized carbons (Fsp3) is 0.0909. The Morgan fingerprint density at radius 1 is 1.10 bits per heavy atom. The van der Waals surface area contributed by atoms with Crippen molar-refractivity contribution in [3.8, 4) is 23.4 Å². The van der Waals surface area contributed by atoms with Gasteiger partial charge >= 0.3 is 0 Å². The topological polar surface area (TPSA) is 169 Å². The van der Waals surface area contributed by atoms with Crippen molar-refractivity contribution in [1.82, 2.24) is 10.3 Å². The van der Waals surface area contributed by atoms with Crippen LogP contribution in [0.4, 0.5) is 17.3 Å². The molecule has 2 heterocycles. The summed E-state index contributed by atoms with van der Waals surface area (Å²) in [5.41, 5.74) is 16.5. The lowest BCUT2D eigenvalue weighted by atomic mass is 9.92. The lowest BCUT2D eigenvalue weighted by Gasteiger charge is -2.26. The molecule has 0 bridgehead atoms. The predicted octanol–water partition coefficient (Wildman–Crippen LogP) is 2.22. The largest absolute Gasteiger partial charge is 0.397 e. The van der Waals surface area contributed by atoms with Crippen molar-refractivity contribution >= 4 is 23.3 Å². The summed E-state index contributed by atoms with van der Waals surface area (Å²) in [5.74, 6) is 0.541. The van der Waals surface area contributed by atoms with Crippen LogP contribution in [-0.2, 0) is 6.61 Å². The van der Waals surface area contributed by atoms with Gasteiger partial charge in [0.15, 0.2) is 6.19 Å². The number of hydrogen-bond donors (Lipinski definition) is 5. The Labute approximate surface area is 178 Å². The number of nitrogens with two attached hydrogens (primary N) is 2. The number of aliphatic hydroxyl groups is 1. The summed E-state index contributed by atoms with van der Waals surface area (Å²) in [5, 5.41) is 33.1. The number of nitrogens with one attached hydrogen (secondary N) is 2. The van der Waals surface area contributed by atoms with E-state index in [1.54, 1.807) is 0 Å². The van der Waals surface area contributed by atoms with Gasteiger partial charge in [-0.15, -0.1) is 0 Å². The number of rotatable bonds is 3. The van der Waals surface area contributed by atoms with E-state index in [4.69, 9.17) is 16.7 Å². The van der Waals surface area contributed by atoms with E-state index in [1.807, 2.05) is 60.8 Å². The Morgan fingerprint density at radius 2 is 1.87 bits per heavy atom. The lowest BCUT2D eigenvalue weighted by molar-refractivity contribution is 0.282. The van der Waals surface area contributed by atoms with Crippen molar-refractivity contribution in [3.63, 3.8) is 0 Å². The monoisotopic (exact) mass is 410 g/mol. The molecule has 1 aromatic heterocycles. The highest BCUT2D eigenvalue weighted by Crippen LogP contribution is 2.41. The summed E-state index contributed by atoms with van der Waals surface area (Å²) in [4.78, 5) is 8.84. The molecule has 31 heavy (non-hydrogen) atoms. The first kappa shape index (κ1) is 19.7. The molecule has 3 aromatic rings. The van der Waals surface area contributed by atoms with Gasteiger partial charge in [0.2, 0.25) is 5.96 Å². The fourth-order valence-electron chi connectivity index (χ4n) is 3.51. The van der Waals surface area contributed by atoms with Gasteiger partial charge in [-0.3, -0.25) is 5.32 Å². The van der Waals surface area contributed by atoms with Crippen LogP contribution in [0.25, 0.3) is 11.1 Å². The number of hydrogen-bond acceptors (Lipinski definition) is 9. The molecule has 9 nitrogen and oxygen atoms in total. The van der Waals surface area contributed by atoms with Gasteiger partial charge in [0, 0.05) is 5.56 Å². The summed E-state index contributed by atoms with van der Waals surface area (Å²) >= 11 is 0. The van der Waals surface area contributed by atoms with E-state index >= 15 is 0 Å². The number of pyridine rings is 1. The zero-order valence-corrected chi connectivity index (χ0v) is 16.3. The number of anilines is 3. The lowest BCUT2D eigenvalue weighted by Crippen LogP contribution is -2.32. The third-order valence-corrected chi connectivity index (χ3v) is 5.03. The summed E-state index contributed by atoms with van der Waals surface area (Å²) < 4.78 is 0. The number of nitrogens with zero attached hydrogens (tertiary/aromatic N) is 4. The summed E-state index contributed by atoms with van der Waals surface area (Å²) in [7, 11) is 0. The van der Waals surface area contributed by atoms with Gasteiger partial charge in [-0.25, -0.2) is 9.98 Å². The van der Waals surface area contributed by atoms with Crippen LogP contribution in [0.15, 0.2) is 53.5 Å². The maximum absolute atomic E-state index is 9.45. The van der Waals surface area contributed by atoms with Gasteiger partial charge in [-0.2, -0.15) is 10.5 Å². The molecule has 0 radical (unpaired) electrons. The van der Waals surface area contributed by atoms with Gasteiger partial charge in [0.05, 0.1) is 12.3 Å². The summed E-state index contributed by atoms with van der Waals surface area (Å²) in [6.07, 6.45) is 1.83. The van der Waals surface area contributed by atoms with E-state index in [2.05, 4.69) is 20.6 Å². The summed E-state index contributed by atoms with van der Waals surface area (Å²) in [6.45, 7) is -0.0216. The van der Waals surface area contributed by atoms with Crippen LogP contribution < -0.4 is 22.1 Å². The number of aromatic nitrogens is 1. The van der Waals surface area contributed by atoms with Crippen molar-refractivity contribution in [2.45, 2.75) is 12.6 Å². The molecule has 1 aliphatic heterocycles. The Bertz CT molecular complexity index is 1270. The van der Waals surface area contributed by atoms with Crippen LogP contribution in [0.2, 0.25) is 0 Å². The van der Waals surface area contributed by atoms with Crippen LogP contribution in [0, 0.1) is 22.8 Å². The third kappa shape index (κ3) is 3.57. The second kappa shape index (κ2) is 8.03. The minimum absolute atomic E-state index is 0.000862. The van der Waals surface area contributed by atoms with Gasteiger partial charge in [0.25, 0.3) is 0 Å². The molecular formula is C22H18N8O. The molecule has 1 unspecified atom stereocenters. The van der Waals surface area contributed by atoms with Crippen LogP contribution in [-0.4, -0.2) is 16.1 Å². The number of nitriles is 2. The van der Waals surface area contributed by atoms with E-state index in [-0.39, 0.29) is 29.6 Å². The van der Waals surface area contributed by atoms with Crippen LogP contribution in [0.1, 0.15) is 28.3 Å². The van der Waals surface area contributed by atoms with E-state index in [9.17, 15) is 10.4 Å². The molecule has 9 heteroatoms. The highest BCUT2D eigenvalue weighted by Gasteiger charge is 2.29. The Balaban J connectivity index is 1.85. The zero-order chi connectivity index (χ0) is 22.0. The molecule has 0 saturated heterocycles. The molecule has 0 amide bonds. The maximum Gasteiger partial charge on any atom is 0.211 e. The van der Waals surface area contributed by atoms with Gasteiger partial charge in [-0.05, 0) is 28.3 Å². The number of aliphatic hydroxyl groups excluding tert-OH is 1. The highest BCUT2D eigenvalue weighted by atomic mass is 16.3. The Hall–Kier alpha value is -4.60. The third-order valence-electron chi connectivity index (χ3n) is 5.03. The van der Waals surface area contributed by atoms with Crippen LogP contribution in [0.5, 0.6) is 0 Å². The van der Waals surface area contributed by atoms with Crippen molar-refractivity contribution in [2.24, 2.45) is 4.99 Å². The normalized spacial score (nSPS) is 14.4. The van der Waals surface area contributed by atoms with Gasteiger partial charge < -0.3 is 21.9 Å². The first-order valence-corrected chi connectivity index (χ1v) is 9.34. The molecule has 152 valence electrons. The Kier molecular flexibility index (Phi) is 5.10. The van der Waals surface area contributed by atoms with Crippen LogP contribution >= 0.6 is 0 Å². The first-order chi connectivity index (χ1) is 15.0. The minimum atomic E-state index is -0.607. The molecule has 0 spiro atoms. The molecule has 4 rings (SSSR count). The first-order valence-electron chi connectivity index (χ1n) is 9.34. The average Bonchev–Trinajstić information content (AvgIpc) is 2.79. The number of fused-ring (bicyclic) bond motifs is 1. The van der Waals surface area contributed by atoms with E-state index in [0.717, 1.165) is 22.3 Å². The number of guanidine groups is 1. The zero-order valence-electron chi connectivity index (χ0n) is 16.3. The average molecular weight is 410 g/mol. The summed E-state index contributed by atoms with van der Waals surface area (Å²) in [6, 6.07) is 16.7. The SMILES string of the molecule is N#CNC1=NC(c2cccc(-c3ccc(CO)cc3)c2)c2c(nc(N)c(C#N)c2N)N1. The quantitative estimate of drug-likeness (QED) is 0.323. The molecule has 1 aliphatic rings. The molecule has 7 N–H and O–H groups in total. The van der Waals surface area contributed by atoms with Crippen molar-refractivity contribution < 1.29 is 5.11 Å². The van der Waals surface area contributed by atoms with Gasteiger partial charge in [-0.1, -0.05) is 42.5 Å². The molecule has 0 aliphatic carbocycles. The van der Waals surface area contributed by atoms with E-state index in [0.29, 0.717) is 11.4 Å². The molecule has 1 atom stereocenters. The molecule has 0 fully saturated rings. The fourth-order valence-corrected chi connectivity index (χ4v) is 3.51. The number of nitrogen functional groups attached to an aromatic ring is 2. The number of benzene rings is 2. The van der Waals surface area contributed by atoms with Crippen molar-refractivity contribution in [3.05, 3.63) is 70.8 Å². The Morgan fingerprint density at radius 3 is 2.55 bits per heavy atom. The molecule has 0 saturated carbocycles. The van der Waals surface area contributed by atoms with E-state index in [1.165, 1.54) is 0 Å². The van der Waals surface area contributed by atoms with Crippen molar-refractivity contribution in [2.75, 3.05) is 16.8 Å². The standard InChI is InChI=1S/C22H18N8O/c23-9-16-18(25)17-19(28-22(27-11-24)30-21(17)29-20(16)26)15-3-1-2-14(8-15)13-6-4-12(10-31)5-7-13/h1-8,19,31H,10H2,(H6,25,26,27,28,29,30). The maximum atomic E-state index is 9.45. The minimum Gasteiger partial charge on any atom is -0.397 e. The van der Waals surface area contributed by atoms with Gasteiger partial charge in [0.1, 0.15) is 29.3 Å². The predicted molar refractivity (Wildman–Crippen MR) is 117 cm³/mol. The smallest absolute Gasteiger partial charge is 0.211 e. The van der Waals surface area contributed by atoms with Crippen molar-refractivity contribution in [1.29, 1.82) is 10.5 Å². The van der Waals surface area contributed by atoms with E-state index < -0.39 is 6.04 Å². The second-order valence-electron chi connectivity index (χ2n) is 6.88. The molecular weight excluding hydrogens is 392 g/mol. The molecule has 2 aromatic carbocycles. The second-order valence-corrected chi connectivity index (χ2v) is 6.88. The highest BCUT2D eigenvalue weighted by molar-refractivity contribution is 5.98.